The molecule has 186 valence electrons. The van der Waals surface area contributed by atoms with E-state index in [0.29, 0.717) is 12.5 Å². The number of halogens is 1. The molecular formula is C23H41IN8O. The second kappa shape index (κ2) is 13.5. The molecule has 1 aromatic rings. The SMILES string of the molecule is CCNC(=NCCCc1nnc2n1CCCCC2)N1CCN(CC(=O)N2CCCC2)CC1.I. The molecule has 10 heteroatoms. The number of aliphatic imine (C=N–C) groups is 1. The number of amides is 1. The summed E-state index contributed by atoms with van der Waals surface area (Å²) in [4.78, 5) is 24.0. The van der Waals surface area contributed by atoms with Gasteiger partial charge in [-0.2, -0.15) is 0 Å². The predicted molar refractivity (Wildman–Crippen MR) is 141 cm³/mol. The molecular weight excluding hydrogens is 531 g/mol. The van der Waals surface area contributed by atoms with E-state index in [1.807, 2.05) is 4.90 Å². The monoisotopic (exact) mass is 572 g/mol. The van der Waals surface area contributed by atoms with E-state index >= 15 is 0 Å². The highest BCUT2D eigenvalue weighted by Crippen LogP contribution is 2.15. The van der Waals surface area contributed by atoms with Crippen LogP contribution in [0.5, 0.6) is 0 Å². The number of fused-ring (bicyclic) bond motifs is 1. The summed E-state index contributed by atoms with van der Waals surface area (Å²) >= 11 is 0. The van der Waals surface area contributed by atoms with E-state index in [1.54, 1.807) is 0 Å². The quantitative estimate of drug-likeness (QED) is 0.232. The van der Waals surface area contributed by atoms with Gasteiger partial charge in [0.2, 0.25) is 5.91 Å². The minimum Gasteiger partial charge on any atom is -0.357 e. The maximum Gasteiger partial charge on any atom is 0.236 e. The average molecular weight is 573 g/mol. The lowest BCUT2D eigenvalue weighted by molar-refractivity contribution is -0.131. The number of carbonyl (C=O) groups is 1. The van der Waals surface area contributed by atoms with E-state index in [-0.39, 0.29) is 24.0 Å². The summed E-state index contributed by atoms with van der Waals surface area (Å²) in [5, 5.41) is 12.3. The van der Waals surface area contributed by atoms with Gasteiger partial charge in [0.25, 0.3) is 0 Å². The van der Waals surface area contributed by atoms with Gasteiger partial charge in [-0.05, 0) is 39.0 Å². The van der Waals surface area contributed by atoms with Crippen molar-refractivity contribution in [2.75, 3.05) is 58.9 Å². The van der Waals surface area contributed by atoms with Crippen LogP contribution in [0.3, 0.4) is 0 Å². The Kier molecular flexibility index (Phi) is 10.7. The van der Waals surface area contributed by atoms with Gasteiger partial charge in [-0.3, -0.25) is 14.7 Å². The Morgan fingerprint density at radius 2 is 1.70 bits per heavy atom. The Morgan fingerprint density at radius 3 is 2.45 bits per heavy atom. The number of nitrogens with one attached hydrogen (secondary N) is 1. The van der Waals surface area contributed by atoms with Crippen molar-refractivity contribution in [3.63, 3.8) is 0 Å². The highest BCUT2D eigenvalue weighted by molar-refractivity contribution is 14.0. The van der Waals surface area contributed by atoms with Gasteiger partial charge in [0, 0.05) is 71.7 Å². The lowest BCUT2D eigenvalue weighted by Gasteiger charge is -2.36. The van der Waals surface area contributed by atoms with Crippen molar-refractivity contribution < 1.29 is 4.79 Å². The van der Waals surface area contributed by atoms with Gasteiger partial charge < -0.3 is 19.7 Å². The fourth-order valence-corrected chi connectivity index (χ4v) is 4.95. The van der Waals surface area contributed by atoms with E-state index in [0.717, 1.165) is 109 Å². The third-order valence-corrected chi connectivity index (χ3v) is 6.83. The number of piperazine rings is 1. The van der Waals surface area contributed by atoms with Crippen LogP contribution in [0.25, 0.3) is 0 Å². The molecule has 0 aromatic carbocycles. The molecule has 0 bridgehead atoms. The minimum absolute atomic E-state index is 0. The van der Waals surface area contributed by atoms with Crippen LogP contribution < -0.4 is 5.32 Å². The molecule has 0 spiro atoms. The number of aromatic nitrogens is 3. The van der Waals surface area contributed by atoms with Crippen LogP contribution in [0.4, 0.5) is 0 Å². The van der Waals surface area contributed by atoms with E-state index in [9.17, 15) is 4.79 Å². The fraction of sp³-hybridized carbons (Fsp3) is 0.826. The summed E-state index contributed by atoms with van der Waals surface area (Å²) in [6.45, 7) is 10.9. The lowest BCUT2D eigenvalue weighted by atomic mass is 10.2. The molecule has 9 nitrogen and oxygen atoms in total. The van der Waals surface area contributed by atoms with Crippen LogP contribution in [0.15, 0.2) is 4.99 Å². The van der Waals surface area contributed by atoms with Crippen molar-refractivity contribution in [1.29, 1.82) is 0 Å². The molecule has 0 saturated carbocycles. The molecule has 2 fully saturated rings. The third-order valence-electron chi connectivity index (χ3n) is 6.83. The molecule has 2 saturated heterocycles. The molecule has 4 rings (SSSR count). The van der Waals surface area contributed by atoms with Gasteiger partial charge in [-0.1, -0.05) is 6.42 Å². The number of carbonyl (C=O) groups excluding carboxylic acids is 1. The molecule has 0 aliphatic carbocycles. The van der Waals surface area contributed by atoms with Gasteiger partial charge in [-0.25, -0.2) is 0 Å². The number of aryl methyl sites for hydroxylation is 2. The number of guanidine groups is 1. The highest BCUT2D eigenvalue weighted by atomic mass is 127. The standard InChI is InChI=1S/C23H40N8O.HI/c1-2-24-23(25-11-8-10-21-27-26-20-9-4-3-5-14-31(20)21)30-17-15-28(16-18-30)19-22(32)29-12-6-7-13-29;/h2-19H2,1H3,(H,24,25);1H. The third kappa shape index (κ3) is 7.27. The van der Waals surface area contributed by atoms with Gasteiger partial charge in [0.1, 0.15) is 11.6 Å². The van der Waals surface area contributed by atoms with Gasteiger partial charge in [0.15, 0.2) is 5.96 Å². The first-order chi connectivity index (χ1) is 15.7. The summed E-state index contributed by atoms with van der Waals surface area (Å²) in [5.41, 5.74) is 0. The Bertz CT molecular complexity index is 769. The van der Waals surface area contributed by atoms with Gasteiger partial charge in [-0.15, -0.1) is 34.2 Å². The molecule has 33 heavy (non-hydrogen) atoms. The highest BCUT2D eigenvalue weighted by Gasteiger charge is 2.24. The van der Waals surface area contributed by atoms with Crippen LogP contribution in [0.2, 0.25) is 0 Å². The summed E-state index contributed by atoms with van der Waals surface area (Å²) in [6, 6.07) is 0. The smallest absolute Gasteiger partial charge is 0.236 e. The zero-order valence-corrected chi connectivity index (χ0v) is 22.5. The molecule has 3 aliphatic rings. The lowest BCUT2D eigenvalue weighted by Crippen LogP contribution is -2.54. The van der Waals surface area contributed by atoms with Gasteiger partial charge >= 0.3 is 0 Å². The number of likely N-dealkylation sites (tertiary alicyclic amines) is 1. The second-order valence-electron chi connectivity index (χ2n) is 9.19. The number of hydrogen-bond donors (Lipinski definition) is 1. The van der Waals surface area contributed by atoms with E-state index < -0.39 is 0 Å². The summed E-state index contributed by atoms with van der Waals surface area (Å²) in [6.07, 6.45) is 9.04. The largest absolute Gasteiger partial charge is 0.357 e. The van der Waals surface area contributed by atoms with Gasteiger partial charge in [0.05, 0.1) is 6.54 Å². The van der Waals surface area contributed by atoms with Crippen LogP contribution >= 0.6 is 24.0 Å². The average Bonchev–Trinajstić information content (AvgIpc) is 3.42. The minimum atomic E-state index is 0. The van der Waals surface area contributed by atoms with Crippen LogP contribution in [0, 0.1) is 0 Å². The zero-order valence-electron chi connectivity index (χ0n) is 20.2. The topological polar surface area (TPSA) is 81.9 Å². The number of rotatable bonds is 7. The van der Waals surface area contributed by atoms with E-state index in [2.05, 4.69) is 36.8 Å². The zero-order chi connectivity index (χ0) is 22.2. The molecule has 0 atom stereocenters. The summed E-state index contributed by atoms with van der Waals surface area (Å²) in [5.74, 6) is 3.58. The molecule has 4 heterocycles. The Hall–Kier alpha value is -1.43. The van der Waals surface area contributed by atoms with E-state index in [1.165, 1.54) is 19.3 Å². The van der Waals surface area contributed by atoms with Crippen LogP contribution in [-0.4, -0.2) is 100 Å². The molecule has 1 N–H and O–H groups in total. The van der Waals surface area contributed by atoms with Crippen molar-refractivity contribution in [1.82, 2.24) is 34.8 Å². The van der Waals surface area contributed by atoms with Crippen molar-refractivity contribution in [3.05, 3.63) is 11.6 Å². The second-order valence-corrected chi connectivity index (χ2v) is 9.19. The van der Waals surface area contributed by atoms with Crippen molar-refractivity contribution in [2.24, 2.45) is 4.99 Å². The van der Waals surface area contributed by atoms with Crippen molar-refractivity contribution in [3.8, 4) is 0 Å². The maximum absolute atomic E-state index is 12.4. The normalized spacial score (nSPS) is 19.7. The molecule has 1 aromatic heterocycles. The van der Waals surface area contributed by atoms with Crippen LogP contribution in [0.1, 0.15) is 57.1 Å². The summed E-state index contributed by atoms with van der Waals surface area (Å²) < 4.78 is 2.34. The Morgan fingerprint density at radius 1 is 0.939 bits per heavy atom. The maximum atomic E-state index is 12.4. The molecule has 0 radical (unpaired) electrons. The Balaban J connectivity index is 0.00000306. The number of nitrogens with zero attached hydrogens (tertiary/aromatic N) is 7. The first kappa shape index (κ1) is 26.2. The first-order valence-corrected chi connectivity index (χ1v) is 12.7. The van der Waals surface area contributed by atoms with E-state index in [4.69, 9.17) is 4.99 Å². The summed E-state index contributed by atoms with van der Waals surface area (Å²) in [7, 11) is 0. The van der Waals surface area contributed by atoms with Crippen molar-refractivity contribution >= 4 is 35.8 Å². The Labute approximate surface area is 215 Å². The molecule has 0 unspecified atom stereocenters. The molecule has 1 amide bonds. The number of hydrogen-bond acceptors (Lipinski definition) is 5. The predicted octanol–water partition coefficient (Wildman–Crippen LogP) is 1.76. The fourth-order valence-electron chi connectivity index (χ4n) is 4.95. The van der Waals surface area contributed by atoms with Crippen molar-refractivity contribution in [2.45, 2.75) is 64.8 Å². The molecule has 3 aliphatic heterocycles. The van der Waals surface area contributed by atoms with Crippen LogP contribution in [-0.2, 0) is 24.2 Å². The first-order valence-electron chi connectivity index (χ1n) is 12.7.